The van der Waals surface area contributed by atoms with E-state index in [1.165, 1.54) is 44.1 Å². The molecule has 108 valence electrons. The second-order valence-corrected chi connectivity index (χ2v) is 5.61. The highest BCUT2D eigenvalue weighted by Gasteiger charge is 2.16. The molecule has 0 radical (unpaired) electrons. The highest BCUT2D eigenvalue weighted by Crippen LogP contribution is 2.19. The fraction of sp³-hybridized carbons (Fsp3) is 0.800. The van der Waals surface area contributed by atoms with Crippen molar-refractivity contribution in [1.82, 2.24) is 15.1 Å². The SMILES string of the molecule is CNC(CCc1cnn(C)c1)CCC1CCCCO1. The molecule has 0 spiro atoms. The van der Waals surface area contributed by atoms with Crippen LogP contribution >= 0.6 is 0 Å². The summed E-state index contributed by atoms with van der Waals surface area (Å²) in [5.41, 5.74) is 1.33. The number of nitrogens with zero attached hydrogens (tertiary/aromatic N) is 2. The van der Waals surface area contributed by atoms with Gasteiger partial charge in [0.1, 0.15) is 0 Å². The third-order valence-electron chi connectivity index (χ3n) is 4.06. The van der Waals surface area contributed by atoms with Gasteiger partial charge in [-0.2, -0.15) is 5.10 Å². The maximum atomic E-state index is 5.80. The average Bonchev–Trinajstić information content (AvgIpc) is 2.86. The van der Waals surface area contributed by atoms with E-state index in [1.807, 2.05) is 17.9 Å². The van der Waals surface area contributed by atoms with Gasteiger partial charge in [-0.1, -0.05) is 0 Å². The monoisotopic (exact) mass is 265 g/mol. The molecule has 2 heterocycles. The van der Waals surface area contributed by atoms with Gasteiger partial charge >= 0.3 is 0 Å². The summed E-state index contributed by atoms with van der Waals surface area (Å²) in [5.74, 6) is 0. The third kappa shape index (κ3) is 4.96. The van der Waals surface area contributed by atoms with E-state index >= 15 is 0 Å². The Morgan fingerprint density at radius 3 is 3.00 bits per heavy atom. The summed E-state index contributed by atoms with van der Waals surface area (Å²) >= 11 is 0. The van der Waals surface area contributed by atoms with Gasteiger partial charge in [-0.3, -0.25) is 4.68 Å². The molecule has 0 saturated carbocycles. The number of aryl methyl sites for hydroxylation is 2. The van der Waals surface area contributed by atoms with Gasteiger partial charge < -0.3 is 10.1 Å². The van der Waals surface area contributed by atoms with Crippen LogP contribution in [0.25, 0.3) is 0 Å². The highest BCUT2D eigenvalue weighted by molar-refractivity contribution is 5.03. The molecular formula is C15H27N3O. The van der Waals surface area contributed by atoms with E-state index in [1.54, 1.807) is 0 Å². The van der Waals surface area contributed by atoms with Gasteiger partial charge in [0.2, 0.25) is 0 Å². The van der Waals surface area contributed by atoms with Crippen LogP contribution in [0.15, 0.2) is 12.4 Å². The summed E-state index contributed by atoms with van der Waals surface area (Å²) in [5, 5.41) is 7.65. The fourth-order valence-corrected chi connectivity index (χ4v) is 2.80. The Kier molecular flexibility index (Phi) is 5.86. The number of hydrogen-bond donors (Lipinski definition) is 1. The molecule has 2 rings (SSSR count). The number of ether oxygens (including phenoxy) is 1. The Labute approximate surface area is 116 Å². The number of nitrogens with one attached hydrogen (secondary N) is 1. The van der Waals surface area contributed by atoms with Crippen molar-refractivity contribution >= 4 is 0 Å². The lowest BCUT2D eigenvalue weighted by Crippen LogP contribution is -2.28. The zero-order valence-corrected chi connectivity index (χ0v) is 12.3. The van der Waals surface area contributed by atoms with Crippen molar-refractivity contribution in [3.8, 4) is 0 Å². The average molecular weight is 265 g/mol. The van der Waals surface area contributed by atoms with E-state index in [4.69, 9.17) is 4.74 Å². The predicted octanol–water partition coefficient (Wildman–Crippen LogP) is 2.29. The molecule has 4 heteroatoms. The molecule has 4 nitrogen and oxygen atoms in total. The molecule has 19 heavy (non-hydrogen) atoms. The molecule has 1 fully saturated rings. The third-order valence-corrected chi connectivity index (χ3v) is 4.06. The Morgan fingerprint density at radius 2 is 2.37 bits per heavy atom. The van der Waals surface area contributed by atoms with Crippen molar-refractivity contribution < 1.29 is 4.74 Å². The summed E-state index contributed by atoms with van der Waals surface area (Å²) in [7, 11) is 4.04. The van der Waals surface area contributed by atoms with Gasteiger partial charge in [-0.05, 0) is 57.6 Å². The lowest BCUT2D eigenvalue weighted by Gasteiger charge is -2.24. The highest BCUT2D eigenvalue weighted by atomic mass is 16.5. The van der Waals surface area contributed by atoms with Crippen LogP contribution in [0, 0.1) is 0 Å². The number of aromatic nitrogens is 2. The first-order valence-electron chi connectivity index (χ1n) is 7.54. The molecule has 0 amide bonds. The van der Waals surface area contributed by atoms with E-state index in [9.17, 15) is 0 Å². The molecule has 0 aliphatic carbocycles. The van der Waals surface area contributed by atoms with Crippen LogP contribution in [-0.4, -0.2) is 35.6 Å². The first kappa shape index (κ1) is 14.5. The van der Waals surface area contributed by atoms with Crippen molar-refractivity contribution in [2.45, 2.75) is 57.1 Å². The summed E-state index contributed by atoms with van der Waals surface area (Å²) in [6, 6.07) is 0.589. The fourth-order valence-electron chi connectivity index (χ4n) is 2.80. The second kappa shape index (κ2) is 7.65. The standard InChI is InChI=1S/C15H27N3O/c1-16-14(7-6-13-11-17-18(2)12-13)8-9-15-5-3-4-10-19-15/h11-12,14-16H,3-10H2,1-2H3. The normalized spacial score (nSPS) is 21.5. The minimum absolute atomic E-state index is 0.503. The summed E-state index contributed by atoms with van der Waals surface area (Å²) in [6.07, 6.45) is 13.1. The van der Waals surface area contributed by atoms with Crippen molar-refractivity contribution in [2.24, 2.45) is 7.05 Å². The van der Waals surface area contributed by atoms with Crippen LogP contribution in [0.5, 0.6) is 0 Å². The summed E-state index contributed by atoms with van der Waals surface area (Å²) < 4.78 is 7.67. The van der Waals surface area contributed by atoms with Crippen LogP contribution in [-0.2, 0) is 18.2 Å². The first-order chi connectivity index (χ1) is 9.28. The zero-order chi connectivity index (χ0) is 13.5. The lowest BCUT2D eigenvalue weighted by atomic mass is 9.98. The molecule has 1 aromatic rings. The quantitative estimate of drug-likeness (QED) is 0.822. The Hall–Kier alpha value is -0.870. The van der Waals surface area contributed by atoms with Crippen molar-refractivity contribution in [1.29, 1.82) is 0 Å². The van der Waals surface area contributed by atoms with E-state index < -0.39 is 0 Å². The minimum Gasteiger partial charge on any atom is -0.378 e. The predicted molar refractivity (Wildman–Crippen MR) is 77.2 cm³/mol. The zero-order valence-electron chi connectivity index (χ0n) is 12.3. The van der Waals surface area contributed by atoms with Crippen LogP contribution in [0.3, 0.4) is 0 Å². The molecule has 1 N–H and O–H groups in total. The number of hydrogen-bond acceptors (Lipinski definition) is 3. The van der Waals surface area contributed by atoms with Crippen molar-refractivity contribution in [2.75, 3.05) is 13.7 Å². The molecule has 1 aliphatic heterocycles. The summed E-state index contributed by atoms with van der Waals surface area (Å²) in [6.45, 7) is 0.963. The maximum absolute atomic E-state index is 5.80. The van der Waals surface area contributed by atoms with Crippen LogP contribution < -0.4 is 5.32 Å². The molecule has 1 aliphatic rings. The Morgan fingerprint density at radius 1 is 1.47 bits per heavy atom. The van der Waals surface area contributed by atoms with E-state index in [0.29, 0.717) is 12.1 Å². The minimum atomic E-state index is 0.503. The number of rotatable bonds is 7. The molecular weight excluding hydrogens is 238 g/mol. The molecule has 2 unspecified atom stereocenters. The molecule has 1 saturated heterocycles. The smallest absolute Gasteiger partial charge is 0.0575 e. The van der Waals surface area contributed by atoms with Gasteiger partial charge in [0, 0.05) is 25.9 Å². The van der Waals surface area contributed by atoms with Crippen molar-refractivity contribution in [3.05, 3.63) is 18.0 Å². The lowest BCUT2D eigenvalue weighted by molar-refractivity contribution is 0.00857. The van der Waals surface area contributed by atoms with Gasteiger partial charge in [0.25, 0.3) is 0 Å². The second-order valence-electron chi connectivity index (χ2n) is 5.61. The van der Waals surface area contributed by atoms with Gasteiger partial charge in [0.05, 0.1) is 12.3 Å². The van der Waals surface area contributed by atoms with Crippen LogP contribution in [0.4, 0.5) is 0 Å². The molecule has 0 bridgehead atoms. The van der Waals surface area contributed by atoms with Crippen molar-refractivity contribution in [3.63, 3.8) is 0 Å². The molecule has 2 atom stereocenters. The van der Waals surface area contributed by atoms with E-state index in [-0.39, 0.29) is 0 Å². The van der Waals surface area contributed by atoms with E-state index in [0.717, 1.165) is 13.0 Å². The largest absolute Gasteiger partial charge is 0.378 e. The van der Waals surface area contributed by atoms with Gasteiger partial charge in [-0.15, -0.1) is 0 Å². The Bertz CT molecular complexity index is 358. The van der Waals surface area contributed by atoms with Gasteiger partial charge in [0.15, 0.2) is 0 Å². The van der Waals surface area contributed by atoms with E-state index in [2.05, 4.69) is 23.7 Å². The topological polar surface area (TPSA) is 39.1 Å². The van der Waals surface area contributed by atoms with Crippen LogP contribution in [0.2, 0.25) is 0 Å². The molecule has 1 aromatic heterocycles. The first-order valence-corrected chi connectivity index (χ1v) is 7.54. The van der Waals surface area contributed by atoms with Crippen LogP contribution in [0.1, 0.15) is 44.1 Å². The maximum Gasteiger partial charge on any atom is 0.0575 e. The Balaban J connectivity index is 1.67. The van der Waals surface area contributed by atoms with Gasteiger partial charge in [-0.25, -0.2) is 0 Å². The summed E-state index contributed by atoms with van der Waals surface area (Å²) in [4.78, 5) is 0. The molecule has 0 aromatic carbocycles.